The van der Waals surface area contributed by atoms with E-state index in [0.717, 1.165) is 68.7 Å². The largest absolute Gasteiger partial charge is 0.273 e. The number of imide groups is 1. The molecule has 0 fully saturated rings. The van der Waals surface area contributed by atoms with E-state index in [0.29, 0.717) is 23.1 Å². The number of aryl methyl sites for hydroxylation is 1. The zero-order chi connectivity index (χ0) is 23.3. The number of hydrogen-bond acceptors (Lipinski definition) is 4. The summed E-state index contributed by atoms with van der Waals surface area (Å²) < 4.78 is 2.10. The van der Waals surface area contributed by atoms with Gasteiger partial charge in [0.1, 0.15) is 4.64 Å². The molecule has 0 aliphatic heterocycles. The molecule has 2 aromatic rings. The number of fused-ring (bicyclic) bond motifs is 1. The monoisotopic (exact) mass is 457 g/mol. The Bertz CT molecular complexity index is 912. The Kier molecular flexibility index (Phi) is 11.6. The quantitative estimate of drug-likeness (QED) is 0.225. The summed E-state index contributed by atoms with van der Waals surface area (Å²) >= 11 is 5.75. The van der Waals surface area contributed by atoms with Crippen LogP contribution in [0.3, 0.4) is 0 Å². The summed E-state index contributed by atoms with van der Waals surface area (Å²) in [7, 11) is 0. The van der Waals surface area contributed by atoms with Crippen molar-refractivity contribution in [2.75, 3.05) is 5.01 Å². The van der Waals surface area contributed by atoms with Crippen LogP contribution < -0.4 is 5.01 Å². The van der Waals surface area contributed by atoms with Crippen LogP contribution in [0.5, 0.6) is 0 Å². The number of pyridine rings is 2. The van der Waals surface area contributed by atoms with Gasteiger partial charge < -0.3 is 0 Å². The van der Waals surface area contributed by atoms with E-state index in [2.05, 4.69) is 18.8 Å². The summed E-state index contributed by atoms with van der Waals surface area (Å²) in [5.41, 5.74) is 1.50. The maximum atomic E-state index is 13.4. The van der Waals surface area contributed by atoms with Gasteiger partial charge in [0.05, 0.1) is 0 Å². The molecule has 6 heteroatoms. The van der Waals surface area contributed by atoms with Crippen molar-refractivity contribution < 1.29 is 9.59 Å². The van der Waals surface area contributed by atoms with Crippen LogP contribution in [0.25, 0.3) is 11.0 Å². The average molecular weight is 458 g/mol. The maximum absolute atomic E-state index is 13.4. The molecule has 2 amide bonds. The first-order valence-corrected chi connectivity index (χ1v) is 12.8. The van der Waals surface area contributed by atoms with Crippen molar-refractivity contribution >= 4 is 35.1 Å². The third kappa shape index (κ3) is 7.22. The Morgan fingerprint density at radius 2 is 1.47 bits per heavy atom. The van der Waals surface area contributed by atoms with Gasteiger partial charge in [-0.2, -0.15) is 5.01 Å². The Hall–Kier alpha value is -2.08. The molecular formula is C26H39N3O2S. The van der Waals surface area contributed by atoms with Crippen molar-refractivity contribution in [3.8, 4) is 0 Å². The second-order valence-corrected chi connectivity index (χ2v) is 8.87. The van der Waals surface area contributed by atoms with Crippen molar-refractivity contribution in [2.24, 2.45) is 0 Å². The van der Waals surface area contributed by atoms with Crippen molar-refractivity contribution in [1.82, 2.24) is 9.66 Å². The molecule has 0 radical (unpaired) electrons. The molecular weight excluding hydrogens is 418 g/mol. The second kappa shape index (κ2) is 14.1. The number of amides is 2. The molecule has 0 aliphatic carbocycles. The van der Waals surface area contributed by atoms with Gasteiger partial charge in [-0.1, -0.05) is 84.4 Å². The second-order valence-electron chi connectivity index (χ2n) is 8.48. The van der Waals surface area contributed by atoms with Crippen LogP contribution >= 0.6 is 12.2 Å². The number of nitrogens with zero attached hydrogens (tertiary/aromatic N) is 3. The van der Waals surface area contributed by atoms with Gasteiger partial charge in [0.2, 0.25) is 11.8 Å². The molecule has 32 heavy (non-hydrogen) atoms. The van der Waals surface area contributed by atoms with Crippen LogP contribution in [0.15, 0.2) is 24.4 Å². The molecule has 0 unspecified atom stereocenters. The number of unbranched alkanes of at least 4 members (excludes halogenated alkanes) is 8. The normalized spacial score (nSPS) is 11.1. The zero-order valence-electron chi connectivity index (χ0n) is 20.1. The SMILES string of the molecule is CCCCCCCC(=O)N(C(=O)CCCCCCC)n1c(=S)c(CC)cc2cccnc21. The molecule has 2 aromatic heterocycles. The van der Waals surface area contributed by atoms with Crippen LogP contribution in [0, 0.1) is 4.64 Å². The van der Waals surface area contributed by atoms with E-state index in [1.54, 1.807) is 10.9 Å². The van der Waals surface area contributed by atoms with E-state index >= 15 is 0 Å². The predicted octanol–water partition coefficient (Wildman–Crippen LogP) is 7.04. The molecule has 5 nitrogen and oxygen atoms in total. The Morgan fingerprint density at radius 1 is 0.906 bits per heavy atom. The summed E-state index contributed by atoms with van der Waals surface area (Å²) in [6, 6.07) is 5.84. The number of carbonyl (C=O) groups is 2. The topological polar surface area (TPSA) is 55.2 Å². The zero-order valence-corrected chi connectivity index (χ0v) is 20.9. The van der Waals surface area contributed by atoms with Crippen LogP contribution in [0.2, 0.25) is 0 Å². The van der Waals surface area contributed by atoms with Gasteiger partial charge in [-0.05, 0) is 43.0 Å². The predicted molar refractivity (Wildman–Crippen MR) is 135 cm³/mol. The number of carbonyl (C=O) groups excluding carboxylic acids is 2. The lowest BCUT2D eigenvalue weighted by molar-refractivity contribution is -0.129. The first kappa shape index (κ1) is 26.2. The van der Waals surface area contributed by atoms with Gasteiger partial charge >= 0.3 is 0 Å². The fraction of sp³-hybridized carbons (Fsp3) is 0.615. The Balaban J connectivity index is 2.35. The van der Waals surface area contributed by atoms with Gasteiger partial charge in [-0.15, -0.1) is 0 Å². The average Bonchev–Trinajstić information content (AvgIpc) is 2.80. The van der Waals surface area contributed by atoms with E-state index in [1.165, 1.54) is 17.9 Å². The van der Waals surface area contributed by atoms with Crippen LogP contribution in [-0.4, -0.2) is 21.5 Å². The lowest BCUT2D eigenvalue weighted by atomic mass is 10.1. The van der Waals surface area contributed by atoms with Crippen LogP contribution in [0.1, 0.15) is 103 Å². The molecule has 0 aliphatic rings. The molecule has 0 bridgehead atoms. The summed E-state index contributed by atoms with van der Waals surface area (Å²) in [5, 5.41) is 2.19. The van der Waals surface area contributed by atoms with Crippen LogP contribution in [-0.2, 0) is 16.0 Å². The number of rotatable bonds is 14. The van der Waals surface area contributed by atoms with Crippen molar-refractivity contribution in [2.45, 2.75) is 104 Å². The third-order valence-electron chi connectivity index (χ3n) is 5.86. The minimum absolute atomic E-state index is 0.184. The Labute approximate surface area is 198 Å². The smallest absolute Gasteiger partial charge is 0.248 e. The number of hydrogen-bond donors (Lipinski definition) is 0. The molecule has 2 heterocycles. The minimum atomic E-state index is -0.184. The number of aromatic nitrogens is 2. The highest BCUT2D eigenvalue weighted by molar-refractivity contribution is 7.71. The highest BCUT2D eigenvalue weighted by Crippen LogP contribution is 2.20. The third-order valence-corrected chi connectivity index (χ3v) is 6.29. The molecule has 0 aromatic carbocycles. The first-order chi connectivity index (χ1) is 15.5. The standard InChI is InChI=1S/C26H39N3O2S/c1-4-7-9-11-13-17-23(30)28(24(31)18-14-12-10-8-5-2)29-25-22(16-15-19-27-25)20-21(6-3)26(29)32/h15-16,19-20H,4-14,17-18H2,1-3H3. The van der Waals surface area contributed by atoms with Gasteiger partial charge in [0.15, 0.2) is 5.65 Å². The van der Waals surface area contributed by atoms with Gasteiger partial charge in [-0.25, -0.2) is 9.66 Å². The minimum Gasteiger partial charge on any atom is -0.273 e. The van der Waals surface area contributed by atoms with Crippen molar-refractivity contribution in [3.63, 3.8) is 0 Å². The van der Waals surface area contributed by atoms with Gasteiger partial charge in [0.25, 0.3) is 0 Å². The Morgan fingerprint density at radius 3 is 2.00 bits per heavy atom. The summed E-state index contributed by atoms with van der Waals surface area (Å²) in [4.78, 5) is 31.2. The van der Waals surface area contributed by atoms with E-state index in [-0.39, 0.29) is 11.8 Å². The highest BCUT2D eigenvalue weighted by atomic mass is 32.1. The molecule has 0 atom stereocenters. The van der Waals surface area contributed by atoms with Gasteiger partial charge in [0, 0.05) is 24.4 Å². The summed E-state index contributed by atoms with van der Waals surface area (Å²) in [6.07, 6.45) is 13.6. The molecule has 2 rings (SSSR count). The van der Waals surface area contributed by atoms with E-state index in [9.17, 15) is 9.59 Å². The lowest BCUT2D eigenvalue weighted by Crippen LogP contribution is -2.46. The van der Waals surface area contributed by atoms with Crippen LogP contribution in [0.4, 0.5) is 0 Å². The fourth-order valence-corrected chi connectivity index (χ4v) is 4.32. The maximum Gasteiger partial charge on any atom is 0.248 e. The van der Waals surface area contributed by atoms with Crippen molar-refractivity contribution in [1.29, 1.82) is 0 Å². The lowest BCUT2D eigenvalue weighted by Gasteiger charge is -2.26. The highest BCUT2D eigenvalue weighted by Gasteiger charge is 2.25. The summed E-state index contributed by atoms with van der Waals surface area (Å²) in [5.74, 6) is -0.368. The van der Waals surface area contributed by atoms with E-state index in [1.807, 2.05) is 25.1 Å². The van der Waals surface area contributed by atoms with Gasteiger partial charge in [-0.3, -0.25) is 9.59 Å². The molecule has 0 saturated heterocycles. The molecule has 0 N–H and O–H groups in total. The van der Waals surface area contributed by atoms with E-state index in [4.69, 9.17) is 12.2 Å². The summed E-state index contributed by atoms with van der Waals surface area (Å²) in [6.45, 7) is 6.38. The van der Waals surface area contributed by atoms with Crippen molar-refractivity contribution in [3.05, 3.63) is 34.6 Å². The molecule has 0 spiro atoms. The fourth-order valence-electron chi connectivity index (χ4n) is 3.95. The molecule has 0 saturated carbocycles. The first-order valence-electron chi connectivity index (χ1n) is 12.4. The molecule has 176 valence electrons. The van der Waals surface area contributed by atoms with E-state index < -0.39 is 0 Å².